The Balaban J connectivity index is 1.21. The molecule has 2 bridgehead atoms. The number of aromatic nitrogens is 1. The van der Waals surface area contributed by atoms with Gasteiger partial charge in [-0.2, -0.15) is 0 Å². The third-order valence-corrected chi connectivity index (χ3v) is 9.31. The van der Waals surface area contributed by atoms with Crippen LogP contribution in [0.4, 0.5) is 4.79 Å². The van der Waals surface area contributed by atoms with Crippen LogP contribution >= 0.6 is 11.3 Å². The summed E-state index contributed by atoms with van der Waals surface area (Å²) in [5, 5.41) is 5.07. The summed E-state index contributed by atoms with van der Waals surface area (Å²) < 4.78 is 0. The van der Waals surface area contributed by atoms with Crippen molar-refractivity contribution in [2.24, 2.45) is 23.7 Å². The van der Waals surface area contributed by atoms with Crippen LogP contribution in [-0.4, -0.2) is 52.3 Å². The summed E-state index contributed by atoms with van der Waals surface area (Å²) in [6, 6.07) is 9.15. The first kappa shape index (κ1) is 22.5. The van der Waals surface area contributed by atoms with E-state index in [0.29, 0.717) is 56.4 Å². The maximum absolute atomic E-state index is 13.9. The number of nitrogens with one attached hydrogen (secondary N) is 1. The molecule has 35 heavy (non-hydrogen) atoms. The van der Waals surface area contributed by atoms with E-state index in [-0.39, 0.29) is 29.7 Å². The molecule has 2 saturated heterocycles. The Labute approximate surface area is 209 Å². The first-order chi connectivity index (χ1) is 17.1. The fourth-order valence-corrected chi connectivity index (χ4v) is 7.26. The predicted molar refractivity (Wildman–Crippen MR) is 132 cm³/mol. The topological polar surface area (TPSA) is 82.6 Å². The summed E-state index contributed by atoms with van der Waals surface area (Å²) >= 11 is 1.63. The van der Waals surface area contributed by atoms with Gasteiger partial charge in [0.2, 0.25) is 5.91 Å². The molecule has 4 amide bonds. The largest absolute Gasteiger partial charge is 0.342 e. The fraction of sp³-hybridized carbons (Fsp3) is 0.481. The Bertz CT molecular complexity index is 1140. The number of carbonyl (C=O) groups is 3. The van der Waals surface area contributed by atoms with Crippen LogP contribution < -0.4 is 5.32 Å². The molecule has 0 aromatic carbocycles. The highest BCUT2D eigenvalue weighted by atomic mass is 32.1. The van der Waals surface area contributed by atoms with Crippen molar-refractivity contribution in [3.63, 3.8) is 0 Å². The number of urea groups is 1. The van der Waals surface area contributed by atoms with E-state index in [0.717, 1.165) is 17.7 Å². The molecule has 4 heterocycles. The number of imide groups is 1. The molecule has 4 aliphatic rings. The monoisotopic (exact) mass is 490 g/mol. The molecule has 8 heteroatoms. The molecule has 0 unspecified atom stereocenters. The number of hydrogen-bond donors (Lipinski definition) is 1. The van der Waals surface area contributed by atoms with Gasteiger partial charge in [-0.1, -0.05) is 24.3 Å². The van der Waals surface area contributed by atoms with E-state index < -0.39 is 5.54 Å². The van der Waals surface area contributed by atoms with Crippen LogP contribution in [0.5, 0.6) is 0 Å². The van der Waals surface area contributed by atoms with Gasteiger partial charge in [-0.25, -0.2) is 4.79 Å². The van der Waals surface area contributed by atoms with Crippen molar-refractivity contribution < 1.29 is 14.4 Å². The zero-order valence-electron chi connectivity index (χ0n) is 19.6. The van der Waals surface area contributed by atoms with E-state index in [1.807, 2.05) is 40.6 Å². The summed E-state index contributed by atoms with van der Waals surface area (Å²) in [5.74, 6) is 0.965. The SMILES string of the molecule is O=C([C@H]1C[C@@H]2C=C[C@H]1C2)N1CCC([C@@]2(c3ccccn3)NC(=O)N(CCc3cccs3)C2=O)CC1. The quantitative estimate of drug-likeness (QED) is 0.496. The predicted octanol–water partition coefficient (Wildman–Crippen LogP) is 3.58. The normalized spacial score (nSPS) is 30.3. The lowest BCUT2D eigenvalue weighted by molar-refractivity contribution is -0.139. The summed E-state index contributed by atoms with van der Waals surface area (Å²) in [4.78, 5) is 49.3. The number of thiophene rings is 1. The van der Waals surface area contributed by atoms with Crippen LogP contribution in [0.3, 0.4) is 0 Å². The van der Waals surface area contributed by atoms with E-state index in [1.54, 1.807) is 17.5 Å². The third-order valence-electron chi connectivity index (χ3n) is 8.38. The molecule has 0 spiro atoms. The smallest absolute Gasteiger partial charge is 0.325 e. The summed E-state index contributed by atoms with van der Waals surface area (Å²) in [5.41, 5.74) is -0.599. The minimum atomic E-state index is -1.18. The number of rotatable bonds is 6. The zero-order valence-corrected chi connectivity index (χ0v) is 20.5. The van der Waals surface area contributed by atoms with Crippen molar-refractivity contribution in [2.45, 2.75) is 37.6 Å². The molecule has 2 aromatic rings. The molecule has 0 radical (unpaired) electrons. The maximum Gasteiger partial charge on any atom is 0.325 e. The van der Waals surface area contributed by atoms with Gasteiger partial charge in [0.1, 0.15) is 0 Å². The molecule has 7 nitrogen and oxygen atoms in total. The number of piperidine rings is 1. The van der Waals surface area contributed by atoms with Crippen LogP contribution in [0.15, 0.2) is 54.1 Å². The first-order valence-electron chi connectivity index (χ1n) is 12.6. The van der Waals surface area contributed by atoms with E-state index in [9.17, 15) is 14.4 Å². The van der Waals surface area contributed by atoms with Crippen LogP contribution in [0.1, 0.15) is 36.3 Å². The molecule has 2 aromatic heterocycles. The molecule has 182 valence electrons. The van der Waals surface area contributed by atoms with Crippen molar-refractivity contribution in [1.82, 2.24) is 20.1 Å². The van der Waals surface area contributed by atoms with Crippen molar-refractivity contribution in [3.8, 4) is 0 Å². The van der Waals surface area contributed by atoms with E-state index >= 15 is 0 Å². The van der Waals surface area contributed by atoms with Crippen LogP contribution in [0, 0.1) is 23.7 Å². The second-order valence-corrected chi connectivity index (χ2v) is 11.3. The van der Waals surface area contributed by atoms with Crippen LogP contribution in [-0.2, 0) is 21.5 Å². The van der Waals surface area contributed by atoms with Gasteiger partial charge in [0, 0.05) is 42.5 Å². The number of hydrogen-bond acceptors (Lipinski definition) is 5. The van der Waals surface area contributed by atoms with Crippen molar-refractivity contribution in [2.75, 3.05) is 19.6 Å². The Hall–Kier alpha value is -3.00. The van der Waals surface area contributed by atoms with Gasteiger partial charge in [0.05, 0.1) is 5.69 Å². The summed E-state index contributed by atoms with van der Waals surface area (Å²) in [6.45, 7) is 1.55. The molecular formula is C27H30N4O3S. The molecule has 4 atom stereocenters. The number of fused-ring (bicyclic) bond motifs is 2. The molecule has 6 rings (SSSR count). The van der Waals surface area contributed by atoms with Crippen molar-refractivity contribution >= 4 is 29.2 Å². The van der Waals surface area contributed by atoms with Gasteiger partial charge in [-0.15, -0.1) is 11.3 Å². The molecule has 2 aliphatic carbocycles. The minimum absolute atomic E-state index is 0.104. The Morgan fingerprint density at radius 3 is 2.63 bits per heavy atom. The van der Waals surface area contributed by atoms with E-state index in [1.165, 1.54) is 4.90 Å². The maximum atomic E-state index is 13.9. The van der Waals surface area contributed by atoms with Crippen molar-refractivity contribution in [3.05, 3.63) is 64.6 Å². The Morgan fingerprint density at radius 1 is 1.11 bits per heavy atom. The van der Waals surface area contributed by atoms with Crippen molar-refractivity contribution in [1.29, 1.82) is 0 Å². The molecule has 3 fully saturated rings. The van der Waals surface area contributed by atoms with Gasteiger partial charge >= 0.3 is 6.03 Å². The molecule has 2 aliphatic heterocycles. The number of amides is 4. The lowest BCUT2D eigenvalue weighted by atomic mass is 9.74. The highest BCUT2D eigenvalue weighted by molar-refractivity contribution is 7.09. The number of pyridine rings is 1. The Morgan fingerprint density at radius 2 is 1.97 bits per heavy atom. The molecule has 1 saturated carbocycles. The lowest BCUT2D eigenvalue weighted by Gasteiger charge is -2.41. The Kier molecular flexibility index (Phi) is 5.71. The highest BCUT2D eigenvalue weighted by Gasteiger charge is 2.58. The first-order valence-corrected chi connectivity index (χ1v) is 13.5. The fourth-order valence-electron chi connectivity index (χ4n) is 6.56. The molecule has 1 N–H and O–H groups in total. The standard InChI is InChI=1S/C27H30N4O3S/c32-24(22-17-18-6-7-19(22)16-18)30-12-8-20(9-13-30)27(23-5-1-2-11-28-23)25(33)31(26(34)29-27)14-10-21-4-3-15-35-21/h1-7,11,15,18-20,22H,8-10,12-14,16-17H2,(H,29,34)/t18-,19+,22+,27+/m1/s1. The second-order valence-electron chi connectivity index (χ2n) is 10.2. The van der Waals surface area contributed by atoms with Gasteiger partial charge in [0.25, 0.3) is 5.91 Å². The number of likely N-dealkylation sites (tertiary alicyclic amines) is 1. The average molecular weight is 491 g/mol. The third kappa shape index (κ3) is 3.78. The zero-order chi connectivity index (χ0) is 24.0. The average Bonchev–Trinajstić information content (AvgIpc) is 3.69. The van der Waals surface area contributed by atoms with Gasteiger partial charge in [-0.05, 0) is 67.5 Å². The van der Waals surface area contributed by atoms with Crippen LogP contribution in [0.2, 0.25) is 0 Å². The van der Waals surface area contributed by atoms with Gasteiger partial charge in [0.15, 0.2) is 5.54 Å². The summed E-state index contributed by atoms with van der Waals surface area (Å²) in [7, 11) is 0. The van der Waals surface area contributed by atoms with E-state index in [4.69, 9.17) is 0 Å². The number of carbonyl (C=O) groups excluding carboxylic acids is 3. The molecular weight excluding hydrogens is 460 g/mol. The summed E-state index contributed by atoms with van der Waals surface area (Å²) in [6.07, 6.45) is 10.2. The van der Waals surface area contributed by atoms with Gasteiger partial charge in [-0.3, -0.25) is 19.5 Å². The second kappa shape index (κ2) is 8.90. The lowest BCUT2D eigenvalue weighted by Crippen LogP contribution is -2.55. The van der Waals surface area contributed by atoms with Crippen LogP contribution in [0.25, 0.3) is 0 Å². The number of allylic oxidation sites excluding steroid dienone is 2. The minimum Gasteiger partial charge on any atom is -0.342 e. The van der Waals surface area contributed by atoms with E-state index in [2.05, 4.69) is 22.5 Å². The highest BCUT2D eigenvalue weighted by Crippen LogP contribution is 2.45. The number of nitrogens with zero attached hydrogens (tertiary/aromatic N) is 3. The van der Waals surface area contributed by atoms with Gasteiger partial charge < -0.3 is 10.2 Å².